The largest absolute Gasteiger partial charge is 0.479 e. The van der Waals surface area contributed by atoms with Gasteiger partial charge >= 0.3 is 12.1 Å². The molecule has 2 N–H and O–H groups in total. The van der Waals surface area contributed by atoms with Crippen molar-refractivity contribution in [2.75, 3.05) is 6.54 Å². The Kier molecular flexibility index (Phi) is 2.34. The van der Waals surface area contributed by atoms with E-state index in [0.29, 0.717) is 4.90 Å². The van der Waals surface area contributed by atoms with E-state index < -0.39 is 30.4 Å². The molecule has 0 saturated carbocycles. The molecule has 1 amide bonds. The third-order valence-corrected chi connectivity index (χ3v) is 2.65. The number of hydrogen-bond donors (Lipinski definition) is 2. The van der Waals surface area contributed by atoms with Crippen molar-refractivity contribution < 1.29 is 24.6 Å². The van der Waals surface area contributed by atoms with Crippen molar-refractivity contribution >= 4 is 17.8 Å². The third-order valence-electron chi connectivity index (χ3n) is 2.65. The SMILES string of the molecule is Cn1ncc2c1C(C(=O)O)N(C(=O)O)CC2=O. The molecule has 2 heterocycles. The minimum atomic E-state index is -1.45. The Hall–Kier alpha value is -2.38. The van der Waals surface area contributed by atoms with E-state index in [1.807, 2.05) is 0 Å². The Bertz CT molecular complexity index is 521. The van der Waals surface area contributed by atoms with Crippen LogP contribution in [0.5, 0.6) is 0 Å². The number of hydrogen-bond acceptors (Lipinski definition) is 4. The van der Waals surface area contributed by atoms with Gasteiger partial charge in [0, 0.05) is 7.05 Å². The number of rotatable bonds is 1. The van der Waals surface area contributed by atoms with Crippen LogP contribution in [-0.2, 0) is 11.8 Å². The highest BCUT2D eigenvalue weighted by molar-refractivity contribution is 6.03. The van der Waals surface area contributed by atoms with Crippen molar-refractivity contribution in [2.45, 2.75) is 6.04 Å². The molecule has 0 aliphatic carbocycles. The first-order valence-electron chi connectivity index (χ1n) is 4.71. The summed E-state index contributed by atoms with van der Waals surface area (Å²) in [6.45, 7) is -0.467. The Labute approximate surface area is 95.1 Å². The first-order valence-corrected chi connectivity index (χ1v) is 4.71. The lowest BCUT2D eigenvalue weighted by Gasteiger charge is -2.29. The van der Waals surface area contributed by atoms with Crippen molar-refractivity contribution in [3.05, 3.63) is 17.5 Å². The number of aryl methyl sites for hydroxylation is 1. The van der Waals surface area contributed by atoms with Crippen LogP contribution < -0.4 is 0 Å². The molecule has 2 rings (SSSR count). The summed E-state index contributed by atoms with van der Waals surface area (Å²) in [6, 6.07) is -1.40. The number of carboxylic acids is 1. The fraction of sp³-hybridized carbons (Fsp3) is 0.333. The molecule has 1 atom stereocenters. The fourth-order valence-corrected chi connectivity index (χ4v) is 1.89. The molecule has 1 aromatic heterocycles. The van der Waals surface area contributed by atoms with Gasteiger partial charge in [-0.05, 0) is 0 Å². The second kappa shape index (κ2) is 3.58. The van der Waals surface area contributed by atoms with Crippen LogP contribution >= 0.6 is 0 Å². The van der Waals surface area contributed by atoms with Crippen LogP contribution in [-0.4, -0.2) is 49.3 Å². The van der Waals surface area contributed by atoms with E-state index in [2.05, 4.69) is 5.10 Å². The van der Waals surface area contributed by atoms with Gasteiger partial charge < -0.3 is 10.2 Å². The zero-order valence-corrected chi connectivity index (χ0v) is 8.82. The van der Waals surface area contributed by atoms with Crippen molar-refractivity contribution in [1.29, 1.82) is 0 Å². The topological polar surface area (TPSA) is 113 Å². The van der Waals surface area contributed by atoms with E-state index >= 15 is 0 Å². The molecule has 0 fully saturated rings. The van der Waals surface area contributed by atoms with E-state index in [9.17, 15) is 14.4 Å². The highest BCUT2D eigenvalue weighted by atomic mass is 16.4. The molecule has 0 bridgehead atoms. The number of carboxylic acid groups (broad SMARTS) is 2. The average Bonchev–Trinajstić information content (AvgIpc) is 2.60. The van der Waals surface area contributed by atoms with Crippen LogP contribution in [0.3, 0.4) is 0 Å². The lowest BCUT2D eigenvalue weighted by Crippen LogP contribution is -2.46. The van der Waals surface area contributed by atoms with Crippen molar-refractivity contribution in [3.63, 3.8) is 0 Å². The Morgan fingerprint density at radius 2 is 2.12 bits per heavy atom. The number of carbonyl (C=O) groups is 3. The fourth-order valence-electron chi connectivity index (χ4n) is 1.89. The molecule has 17 heavy (non-hydrogen) atoms. The molecule has 1 aromatic rings. The van der Waals surface area contributed by atoms with Gasteiger partial charge in [-0.2, -0.15) is 5.10 Å². The molecular weight excluding hydrogens is 230 g/mol. The maximum Gasteiger partial charge on any atom is 0.408 e. The van der Waals surface area contributed by atoms with Crippen molar-refractivity contribution in [3.8, 4) is 0 Å². The number of fused-ring (bicyclic) bond motifs is 1. The Morgan fingerprint density at radius 3 is 2.65 bits per heavy atom. The van der Waals surface area contributed by atoms with E-state index in [1.54, 1.807) is 0 Å². The van der Waals surface area contributed by atoms with E-state index in [0.717, 1.165) is 0 Å². The zero-order chi connectivity index (χ0) is 12.7. The predicted octanol–water partition coefficient (Wildman–Crippen LogP) is -0.278. The van der Waals surface area contributed by atoms with Gasteiger partial charge in [0.25, 0.3) is 0 Å². The molecule has 1 unspecified atom stereocenters. The summed E-state index contributed by atoms with van der Waals surface area (Å²) in [5, 5.41) is 21.8. The van der Waals surface area contributed by atoms with Gasteiger partial charge in [-0.1, -0.05) is 0 Å². The number of ketones is 1. The molecule has 8 nitrogen and oxygen atoms in total. The van der Waals surface area contributed by atoms with Crippen molar-refractivity contribution in [1.82, 2.24) is 14.7 Å². The summed E-state index contributed by atoms with van der Waals surface area (Å²) in [5.74, 6) is -1.78. The van der Waals surface area contributed by atoms with Crippen molar-refractivity contribution in [2.24, 2.45) is 7.05 Å². The summed E-state index contributed by atoms with van der Waals surface area (Å²) < 4.78 is 1.21. The quantitative estimate of drug-likeness (QED) is 0.697. The number of aromatic nitrogens is 2. The summed E-state index contributed by atoms with van der Waals surface area (Å²) in [5.41, 5.74) is 0.258. The summed E-state index contributed by atoms with van der Waals surface area (Å²) in [7, 11) is 1.47. The molecule has 0 spiro atoms. The summed E-state index contributed by atoms with van der Waals surface area (Å²) in [6.07, 6.45) is -0.190. The normalized spacial score (nSPS) is 19.0. The second-order valence-electron chi connectivity index (χ2n) is 3.64. The number of carbonyl (C=O) groups excluding carboxylic acids is 1. The number of Topliss-reactive ketones (excluding diaryl/α,β-unsaturated/α-hetero) is 1. The lowest BCUT2D eigenvalue weighted by molar-refractivity contribution is -0.143. The van der Waals surface area contributed by atoms with Crippen LogP contribution in [0, 0.1) is 0 Å². The average molecular weight is 239 g/mol. The smallest absolute Gasteiger partial charge is 0.408 e. The molecule has 90 valence electrons. The Balaban J connectivity index is 2.61. The van der Waals surface area contributed by atoms with Crippen LogP contribution in [0.2, 0.25) is 0 Å². The Morgan fingerprint density at radius 1 is 1.47 bits per heavy atom. The number of aliphatic carboxylic acids is 1. The third kappa shape index (κ3) is 1.53. The highest BCUT2D eigenvalue weighted by Gasteiger charge is 2.42. The minimum Gasteiger partial charge on any atom is -0.479 e. The first-order chi connectivity index (χ1) is 7.93. The lowest BCUT2D eigenvalue weighted by atomic mass is 9.99. The predicted molar refractivity (Wildman–Crippen MR) is 52.6 cm³/mol. The molecule has 8 heteroatoms. The molecule has 1 aliphatic rings. The first kappa shape index (κ1) is 11.1. The number of amides is 1. The molecule has 0 saturated heterocycles. The van der Waals surface area contributed by atoms with Crippen LogP contribution in [0.1, 0.15) is 22.1 Å². The minimum absolute atomic E-state index is 0.0937. The number of nitrogens with zero attached hydrogens (tertiary/aromatic N) is 3. The van der Waals surface area contributed by atoms with Crippen LogP contribution in [0.4, 0.5) is 4.79 Å². The van der Waals surface area contributed by atoms with E-state index in [1.165, 1.54) is 17.9 Å². The van der Waals surface area contributed by atoms with Crippen LogP contribution in [0.15, 0.2) is 6.20 Å². The summed E-state index contributed by atoms with van der Waals surface area (Å²) >= 11 is 0. The van der Waals surface area contributed by atoms with Gasteiger partial charge in [-0.25, -0.2) is 9.59 Å². The molecular formula is C9H9N3O5. The van der Waals surface area contributed by atoms with Gasteiger partial charge in [0.15, 0.2) is 11.8 Å². The summed E-state index contributed by atoms with van der Waals surface area (Å²) in [4.78, 5) is 34.3. The highest BCUT2D eigenvalue weighted by Crippen LogP contribution is 2.29. The van der Waals surface area contributed by atoms with Gasteiger partial charge in [-0.3, -0.25) is 14.4 Å². The van der Waals surface area contributed by atoms with Crippen LogP contribution in [0.25, 0.3) is 0 Å². The van der Waals surface area contributed by atoms with E-state index in [-0.39, 0.29) is 11.3 Å². The molecule has 0 aromatic carbocycles. The van der Waals surface area contributed by atoms with E-state index in [4.69, 9.17) is 10.2 Å². The maximum absolute atomic E-state index is 11.6. The second-order valence-corrected chi connectivity index (χ2v) is 3.64. The maximum atomic E-state index is 11.6. The zero-order valence-electron chi connectivity index (χ0n) is 8.82. The van der Waals surface area contributed by atoms with Gasteiger partial charge in [0.05, 0.1) is 24.0 Å². The van der Waals surface area contributed by atoms with Gasteiger partial charge in [0.2, 0.25) is 0 Å². The molecule has 1 aliphatic heterocycles. The monoisotopic (exact) mass is 239 g/mol. The molecule has 0 radical (unpaired) electrons. The van der Waals surface area contributed by atoms with Gasteiger partial charge in [-0.15, -0.1) is 0 Å². The van der Waals surface area contributed by atoms with Gasteiger partial charge in [0.1, 0.15) is 0 Å². The standard InChI is InChI=1S/C9H9N3O5/c1-11-6-4(2-10-11)5(13)3-12(9(16)17)7(6)8(14)15/h2,7H,3H2,1H3,(H,14,15)(H,16,17).